The number of hydrogen-bond donors (Lipinski definition) is 1. The number of likely N-dealkylation sites (tertiary alicyclic amines) is 1. The van der Waals surface area contributed by atoms with Crippen molar-refractivity contribution in [1.29, 1.82) is 0 Å². The number of aromatic nitrogens is 2. The van der Waals surface area contributed by atoms with Gasteiger partial charge in [0, 0.05) is 24.3 Å². The van der Waals surface area contributed by atoms with Gasteiger partial charge in [0.2, 0.25) is 0 Å². The maximum Gasteiger partial charge on any atom is 0.274 e. The van der Waals surface area contributed by atoms with Crippen molar-refractivity contribution in [2.75, 3.05) is 11.9 Å². The third-order valence-electron chi connectivity index (χ3n) is 4.42. The summed E-state index contributed by atoms with van der Waals surface area (Å²) in [4.78, 5) is 22.8. The summed E-state index contributed by atoms with van der Waals surface area (Å²) in [5.74, 6) is -1.61. The molecule has 132 valence electrons. The van der Waals surface area contributed by atoms with Crippen molar-refractivity contribution in [2.24, 2.45) is 0 Å². The van der Waals surface area contributed by atoms with E-state index in [4.69, 9.17) is 0 Å². The normalized spacial score (nSPS) is 17.4. The molecule has 0 spiro atoms. The maximum absolute atomic E-state index is 13.2. The van der Waals surface area contributed by atoms with Crippen molar-refractivity contribution >= 4 is 17.4 Å². The second-order valence-electron chi connectivity index (χ2n) is 6.10. The molecule has 1 atom stereocenters. The molecule has 1 fully saturated rings. The van der Waals surface area contributed by atoms with Gasteiger partial charge in [0.15, 0.2) is 11.6 Å². The van der Waals surface area contributed by atoms with Gasteiger partial charge in [-0.2, -0.15) is 0 Å². The van der Waals surface area contributed by atoms with Crippen molar-refractivity contribution < 1.29 is 13.6 Å². The first-order chi connectivity index (χ1) is 12.1. The molecule has 25 heavy (non-hydrogen) atoms. The molecule has 1 aliphatic heterocycles. The number of nitrogens with zero attached hydrogens (tertiary/aromatic N) is 3. The molecule has 1 N–H and O–H groups in total. The Morgan fingerprint density at radius 3 is 2.76 bits per heavy atom. The fraction of sp³-hybridized carbons (Fsp3) is 0.389. The van der Waals surface area contributed by atoms with Gasteiger partial charge in [-0.05, 0) is 37.8 Å². The first-order valence-electron chi connectivity index (χ1n) is 8.43. The van der Waals surface area contributed by atoms with Crippen molar-refractivity contribution in [3.05, 3.63) is 47.9 Å². The van der Waals surface area contributed by atoms with Crippen molar-refractivity contribution in [2.45, 2.75) is 38.6 Å². The highest BCUT2D eigenvalue weighted by atomic mass is 19.2. The van der Waals surface area contributed by atoms with Gasteiger partial charge in [-0.3, -0.25) is 4.79 Å². The lowest BCUT2D eigenvalue weighted by molar-refractivity contribution is 0.0601. The summed E-state index contributed by atoms with van der Waals surface area (Å²) in [5, 5.41) is 2.83. The van der Waals surface area contributed by atoms with Crippen molar-refractivity contribution in [1.82, 2.24) is 14.9 Å². The third-order valence-corrected chi connectivity index (χ3v) is 4.42. The third kappa shape index (κ3) is 3.92. The summed E-state index contributed by atoms with van der Waals surface area (Å²) >= 11 is 0. The van der Waals surface area contributed by atoms with Crippen LogP contribution in [0.1, 0.15) is 43.1 Å². The highest BCUT2D eigenvalue weighted by Gasteiger charge is 2.27. The quantitative estimate of drug-likeness (QED) is 0.912. The van der Waals surface area contributed by atoms with Crippen LogP contribution in [0.5, 0.6) is 0 Å². The lowest BCUT2D eigenvalue weighted by Gasteiger charge is -2.34. The molecule has 0 bridgehead atoms. The van der Waals surface area contributed by atoms with Gasteiger partial charge in [-0.15, -0.1) is 0 Å². The topological polar surface area (TPSA) is 58.1 Å². The molecule has 1 aromatic heterocycles. The SMILES string of the molecule is CCC1CCCCN1C(=O)c1cnc(Nc2ccc(F)c(F)c2)cn1. The van der Waals surface area contributed by atoms with Crippen molar-refractivity contribution in [3.8, 4) is 0 Å². The van der Waals surface area contributed by atoms with Crippen LogP contribution >= 0.6 is 0 Å². The first kappa shape index (κ1) is 17.3. The lowest BCUT2D eigenvalue weighted by atomic mass is 10.00. The number of nitrogens with one attached hydrogen (secondary N) is 1. The largest absolute Gasteiger partial charge is 0.339 e. The molecule has 0 saturated carbocycles. The Bertz CT molecular complexity index is 751. The van der Waals surface area contributed by atoms with Crippen LogP contribution in [0.4, 0.5) is 20.3 Å². The number of halogens is 2. The van der Waals surface area contributed by atoms with Gasteiger partial charge in [0.1, 0.15) is 11.5 Å². The molecular formula is C18H20F2N4O. The van der Waals surface area contributed by atoms with E-state index in [1.807, 2.05) is 4.90 Å². The molecule has 5 nitrogen and oxygen atoms in total. The summed E-state index contributed by atoms with van der Waals surface area (Å²) in [6.07, 6.45) is 6.92. The summed E-state index contributed by atoms with van der Waals surface area (Å²) in [5.41, 5.74) is 0.644. The van der Waals surface area contributed by atoms with Gasteiger partial charge in [0.25, 0.3) is 5.91 Å². The Morgan fingerprint density at radius 2 is 2.08 bits per heavy atom. The fourth-order valence-electron chi connectivity index (χ4n) is 3.06. The van der Waals surface area contributed by atoms with E-state index in [9.17, 15) is 13.6 Å². The van der Waals surface area contributed by atoms with Gasteiger partial charge >= 0.3 is 0 Å². The molecule has 0 radical (unpaired) electrons. The van der Waals surface area contributed by atoms with Gasteiger partial charge in [0.05, 0.1) is 12.4 Å². The van der Waals surface area contributed by atoms with Crippen LogP contribution in [-0.4, -0.2) is 33.4 Å². The van der Waals surface area contributed by atoms with Crippen LogP contribution in [0.25, 0.3) is 0 Å². The van der Waals surface area contributed by atoms with E-state index in [-0.39, 0.29) is 17.6 Å². The Morgan fingerprint density at radius 1 is 1.24 bits per heavy atom. The molecule has 1 aromatic carbocycles. The second kappa shape index (κ2) is 7.55. The van der Waals surface area contributed by atoms with Crippen LogP contribution in [0.3, 0.4) is 0 Å². The van der Waals surface area contributed by atoms with Crippen LogP contribution < -0.4 is 5.32 Å². The van der Waals surface area contributed by atoms with Gasteiger partial charge in [-0.1, -0.05) is 6.92 Å². The van der Waals surface area contributed by atoms with Crippen LogP contribution in [0.2, 0.25) is 0 Å². The Labute approximate surface area is 145 Å². The number of rotatable bonds is 4. The number of amides is 1. The lowest BCUT2D eigenvalue weighted by Crippen LogP contribution is -2.43. The number of carbonyl (C=O) groups excluding carboxylic acids is 1. The molecule has 1 unspecified atom stereocenters. The van der Waals surface area contributed by atoms with Crippen LogP contribution in [-0.2, 0) is 0 Å². The van der Waals surface area contributed by atoms with Crippen molar-refractivity contribution in [3.63, 3.8) is 0 Å². The zero-order valence-corrected chi connectivity index (χ0v) is 14.0. The monoisotopic (exact) mass is 346 g/mol. The molecule has 3 rings (SSSR count). The Hall–Kier alpha value is -2.57. The number of carbonyl (C=O) groups is 1. The van der Waals surface area contributed by atoms with Crippen LogP contribution in [0.15, 0.2) is 30.6 Å². The predicted octanol–water partition coefficient (Wildman–Crippen LogP) is 3.90. The highest BCUT2D eigenvalue weighted by Crippen LogP contribution is 2.22. The molecule has 7 heteroatoms. The number of hydrogen-bond acceptors (Lipinski definition) is 4. The summed E-state index contributed by atoms with van der Waals surface area (Å²) in [7, 11) is 0. The maximum atomic E-state index is 13.2. The first-order valence-corrected chi connectivity index (χ1v) is 8.43. The Balaban J connectivity index is 1.71. The minimum atomic E-state index is -0.944. The fourth-order valence-corrected chi connectivity index (χ4v) is 3.06. The number of piperidine rings is 1. The number of benzene rings is 1. The average Bonchev–Trinajstić information content (AvgIpc) is 2.65. The molecule has 2 aromatic rings. The molecule has 2 heterocycles. The van der Waals surface area contributed by atoms with Gasteiger partial charge in [-0.25, -0.2) is 18.7 Å². The van der Waals surface area contributed by atoms with E-state index in [0.29, 0.717) is 11.5 Å². The summed E-state index contributed by atoms with van der Waals surface area (Å²) in [6, 6.07) is 3.72. The van der Waals surface area contributed by atoms with E-state index in [0.717, 1.165) is 44.4 Å². The van der Waals surface area contributed by atoms with E-state index in [1.165, 1.54) is 18.5 Å². The smallest absolute Gasteiger partial charge is 0.274 e. The van der Waals surface area contributed by atoms with E-state index < -0.39 is 11.6 Å². The van der Waals surface area contributed by atoms with Gasteiger partial charge < -0.3 is 10.2 Å². The standard InChI is InChI=1S/C18H20F2N4O/c1-2-13-5-3-4-8-24(13)18(25)16-10-22-17(11-21-16)23-12-6-7-14(19)15(20)9-12/h6-7,9-11,13H,2-5,8H2,1H3,(H,22,23). The van der Waals surface area contributed by atoms with E-state index in [2.05, 4.69) is 22.2 Å². The van der Waals surface area contributed by atoms with E-state index in [1.54, 1.807) is 0 Å². The molecule has 1 aliphatic rings. The molecule has 1 amide bonds. The minimum absolute atomic E-state index is 0.113. The predicted molar refractivity (Wildman–Crippen MR) is 90.6 cm³/mol. The minimum Gasteiger partial charge on any atom is -0.339 e. The summed E-state index contributed by atoms with van der Waals surface area (Å²) < 4.78 is 26.2. The second-order valence-corrected chi connectivity index (χ2v) is 6.10. The Kier molecular flexibility index (Phi) is 5.21. The molecule has 0 aliphatic carbocycles. The summed E-state index contributed by atoms with van der Waals surface area (Å²) in [6.45, 7) is 2.82. The number of anilines is 2. The van der Waals surface area contributed by atoms with E-state index >= 15 is 0 Å². The zero-order chi connectivity index (χ0) is 17.8. The molecule has 1 saturated heterocycles. The average molecular weight is 346 g/mol. The van der Waals surface area contributed by atoms with Crippen LogP contribution in [0, 0.1) is 11.6 Å². The highest BCUT2D eigenvalue weighted by molar-refractivity contribution is 5.92. The zero-order valence-electron chi connectivity index (χ0n) is 14.0. The molecular weight excluding hydrogens is 326 g/mol.